The Bertz CT molecular complexity index is 732. The second kappa shape index (κ2) is 9.53. The Morgan fingerprint density at radius 3 is 2.42 bits per heavy atom. The average Bonchev–Trinajstić information content (AvgIpc) is 2.68. The number of rotatable bonds is 6. The summed E-state index contributed by atoms with van der Waals surface area (Å²) in [5.74, 6) is 2.34. The van der Waals surface area contributed by atoms with Gasteiger partial charge in [-0.25, -0.2) is 9.97 Å². The number of benzene rings is 1. The zero-order chi connectivity index (χ0) is 18.4. The number of nitrogens with zero attached hydrogens (tertiary/aromatic N) is 2. The molecular weight excluding hydrogens is 363 g/mol. The number of allylic oxidation sites excluding steroid dienone is 2. The molecule has 1 fully saturated rings. The molecule has 0 saturated heterocycles. The fraction of sp³-hybridized carbons (Fsp3) is 0.455. The first-order valence-corrected chi connectivity index (χ1v) is 10.3. The lowest BCUT2D eigenvalue weighted by Gasteiger charge is -2.26. The van der Waals surface area contributed by atoms with Crippen molar-refractivity contribution in [2.75, 3.05) is 0 Å². The Labute approximate surface area is 166 Å². The molecule has 1 aromatic carbocycles. The molecule has 0 aliphatic heterocycles. The highest BCUT2D eigenvalue weighted by atomic mass is 35.5. The van der Waals surface area contributed by atoms with E-state index in [1.807, 2.05) is 24.5 Å². The molecule has 2 aromatic rings. The van der Waals surface area contributed by atoms with E-state index in [0.29, 0.717) is 15.9 Å². The van der Waals surface area contributed by atoms with Crippen LogP contribution in [0.25, 0.3) is 11.4 Å². The minimum Gasteiger partial charge on any atom is -0.236 e. The lowest BCUT2D eigenvalue weighted by atomic mass is 9.79. The molecular formula is C22H26Cl2N2. The Morgan fingerprint density at radius 2 is 1.77 bits per heavy atom. The van der Waals surface area contributed by atoms with Crippen molar-refractivity contribution >= 4 is 23.2 Å². The van der Waals surface area contributed by atoms with Gasteiger partial charge >= 0.3 is 0 Å². The van der Waals surface area contributed by atoms with Gasteiger partial charge in [-0.05, 0) is 80.5 Å². The molecule has 1 heterocycles. The molecule has 1 aliphatic carbocycles. The molecule has 0 N–H and O–H groups in total. The average molecular weight is 389 g/mol. The van der Waals surface area contributed by atoms with Crippen LogP contribution in [-0.4, -0.2) is 9.97 Å². The molecule has 2 nitrogen and oxygen atoms in total. The summed E-state index contributed by atoms with van der Waals surface area (Å²) < 4.78 is 0. The van der Waals surface area contributed by atoms with Crippen LogP contribution in [0.2, 0.25) is 10.0 Å². The Morgan fingerprint density at radius 1 is 1.04 bits per heavy atom. The number of aromatic nitrogens is 2. The highest BCUT2D eigenvalue weighted by molar-refractivity contribution is 6.42. The number of aryl methyl sites for hydroxylation is 1. The van der Waals surface area contributed by atoms with E-state index in [2.05, 4.69) is 29.0 Å². The molecule has 138 valence electrons. The first-order chi connectivity index (χ1) is 12.7. The van der Waals surface area contributed by atoms with E-state index < -0.39 is 0 Å². The molecule has 0 spiro atoms. The van der Waals surface area contributed by atoms with Crippen LogP contribution in [0, 0.1) is 11.8 Å². The Balaban J connectivity index is 1.50. The molecule has 0 amide bonds. The highest BCUT2D eigenvalue weighted by Crippen LogP contribution is 2.32. The van der Waals surface area contributed by atoms with Gasteiger partial charge in [-0.15, -0.1) is 0 Å². The lowest BCUT2D eigenvalue weighted by molar-refractivity contribution is 0.296. The number of hydrogen-bond donors (Lipinski definition) is 0. The molecule has 0 radical (unpaired) electrons. The standard InChI is InChI=1S/C22H26Cl2N2/c1-2-3-4-16-5-7-17(8-6-16)9-10-18-14-25-22(26-15-18)19-11-12-20(23)21(24)13-19/h3-4,11-17H,2,5-10H2,1H3/t16-,17-. The van der Waals surface area contributed by atoms with Crippen LogP contribution in [-0.2, 0) is 6.42 Å². The van der Waals surface area contributed by atoms with Gasteiger partial charge < -0.3 is 0 Å². The van der Waals surface area contributed by atoms with E-state index >= 15 is 0 Å². The smallest absolute Gasteiger partial charge is 0.159 e. The van der Waals surface area contributed by atoms with Crippen LogP contribution in [0.4, 0.5) is 0 Å². The van der Waals surface area contributed by atoms with Gasteiger partial charge in [0.1, 0.15) is 0 Å². The lowest BCUT2D eigenvalue weighted by Crippen LogP contribution is -2.13. The molecule has 26 heavy (non-hydrogen) atoms. The maximum Gasteiger partial charge on any atom is 0.159 e. The fourth-order valence-corrected chi connectivity index (χ4v) is 3.93. The van der Waals surface area contributed by atoms with Crippen LogP contribution in [0.3, 0.4) is 0 Å². The minimum atomic E-state index is 0.529. The largest absolute Gasteiger partial charge is 0.236 e. The third-order valence-electron chi connectivity index (χ3n) is 5.26. The summed E-state index contributed by atoms with van der Waals surface area (Å²) in [5.41, 5.74) is 2.10. The van der Waals surface area contributed by atoms with E-state index in [0.717, 1.165) is 30.2 Å². The molecule has 3 rings (SSSR count). The van der Waals surface area contributed by atoms with Crippen LogP contribution < -0.4 is 0 Å². The molecule has 0 bridgehead atoms. The van der Waals surface area contributed by atoms with Crippen molar-refractivity contribution in [2.45, 2.75) is 51.9 Å². The second-order valence-corrected chi connectivity index (χ2v) is 8.01. The van der Waals surface area contributed by atoms with Crippen molar-refractivity contribution in [2.24, 2.45) is 11.8 Å². The summed E-state index contributed by atoms with van der Waals surface area (Å²) in [6.07, 6.45) is 17.5. The normalized spacial score (nSPS) is 20.6. The molecule has 1 aromatic heterocycles. The van der Waals surface area contributed by atoms with Crippen molar-refractivity contribution in [3.05, 3.63) is 58.4 Å². The van der Waals surface area contributed by atoms with Gasteiger partial charge in [-0.2, -0.15) is 0 Å². The first-order valence-electron chi connectivity index (χ1n) is 9.58. The maximum atomic E-state index is 6.08. The van der Waals surface area contributed by atoms with Crippen molar-refractivity contribution in [1.29, 1.82) is 0 Å². The van der Waals surface area contributed by atoms with Crippen LogP contribution in [0.1, 0.15) is 51.0 Å². The Hall–Kier alpha value is -1.38. The SMILES string of the molecule is CCC=C[C@H]1CC[C@H](CCc2cnc(-c3ccc(Cl)c(Cl)c3)nc2)CC1. The zero-order valence-corrected chi connectivity index (χ0v) is 16.8. The number of hydrogen-bond acceptors (Lipinski definition) is 2. The van der Waals surface area contributed by atoms with Gasteiger partial charge in [-0.3, -0.25) is 0 Å². The summed E-state index contributed by atoms with van der Waals surface area (Å²) in [6.45, 7) is 2.21. The van der Waals surface area contributed by atoms with E-state index in [1.165, 1.54) is 37.7 Å². The maximum absolute atomic E-state index is 6.08. The molecule has 1 aliphatic rings. The van der Waals surface area contributed by atoms with Crippen molar-refractivity contribution in [3.63, 3.8) is 0 Å². The van der Waals surface area contributed by atoms with Crippen molar-refractivity contribution in [3.8, 4) is 11.4 Å². The summed E-state index contributed by atoms with van der Waals surface area (Å²) in [6, 6.07) is 5.49. The van der Waals surface area contributed by atoms with E-state index in [-0.39, 0.29) is 0 Å². The van der Waals surface area contributed by atoms with E-state index in [4.69, 9.17) is 23.2 Å². The predicted molar refractivity (Wildman–Crippen MR) is 111 cm³/mol. The van der Waals surface area contributed by atoms with Gasteiger partial charge in [0, 0.05) is 18.0 Å². The van der Waals surface area contributed by atoms with Gasteiger partial charge in [0.25, 0.3) is 0 Å². The first kappa shape index (κ1) is 19.4. The third-order valence-corrected chi connectivity index (χ3v) is 6.00. The van der Waals surface area contributed by atoms with Gasteiger partial charge in [0.2, 0.25) is 0 Å². The summed E-state index contributed by atoms with van der Waals surface area (Å²) >= 11 is 12.0. The van der Waals surface area contributed by atoms with Crippen LogP contribution in [0.5, 0.6) is 0 Å². The van der Waals surface area contributed by atoms with Crippen molar-refractivity contribution < 1.29 is 0 Å². The van der Waals surface area contributed by atoms with Crippen LogP contribution in [0.15, 0.2) is 42.7 Å². The number of halogens is 2. The van der Waals surface area contributed by atoms with Gasteiger partial charge in [0.15, 0.2) is 5.82 Å². The van der Waals surface area contributed by atoms with Gasteiger partial charge in [0.05, 0.1) is 10.0 Å². The van der Waals surface area contributed by atoms with E-state index in [1.54, 1.807) is 6.07 Å². The molecule has 1 saturated carbocycles. The van der Waals surface area contributed by atoms with Crippen molar-refractivity contribution in [1.82, 2.24) is 9.97 Å². The second-order valence-electron chi connectivity index (χ2n) is 7.20. The third kappa shape index (κ3) is 5.31. The molecule has 4 heteroatoms. The summed E-state index contributed by atoms with van der Waals surface area (Å²) in [7, 11) is 0. The minimum absolute atomic E-state index is 0.529. The monoisotopic (exact) mass is 388 g/mol. The van der Waals surface area contributed by atoms with Crippen LogP contribution >= 0.6 is 23.2 Å². The zero-order valence-electron chi connectivity index (χ0n) is 15.3. The van der Waals surface area contributed by atoms with Gasteiger partial charge in [-0.1, -0.05) is 42.3 Å². The summed E-state index contributed by atoms with van der Waals surface area (Å²) in [5, 5.41) is 1.08. The topological polar surface area (TPSA) is 25.8 Å². The molecule has 0 unspecified atom stereocenters. The Kier molecular flexibility index (Phi) is 7.10. The molecule has 0 atom stereocenters. The van der Waals surface area contributed by atoms with E-state index in [9.17, 15) is 0 Å². The quantitative estimate of drug-likeness (QED) is 0.490. The summed E-state index contributed by atoms with van der Waals surface area (Å²) in [4.78, 5) is 9.01. The fourth-order valence-electron chi connectivity index (χ4n) is 3.64. The predicted octanol–water partition coefficient (Wildman–Crippen LogP) is 7.16. The highest BCUT2D eigenvalue weighted by Gasteiger charge is 2.19.